The first kappa shape index (κ1) is 25.1. The van der Waals surface area contributed by atoms with Crippen LogP contribution in [-0.2, 0) is 31.6 Å². The molecule has 2 rings (SSSR count). The first-order valence-corrected chi connectivity index (χ1v) is 12.3. The largest absolute Gasteiger partial charge is 0.506 e. The first-order chi connectivity index (χ1) is 13.4. The lowest BCUT2D eigenvalue weighted by molar-refractivity contribution is -0.0783. The molecule has 0 bridgehead atoms. The molecule has 7 N–H and O–H groups in total. The second-order valence-corrected chi connectivity index (χ2v) is 10.6. The zero-order valence-corrected chi connectivity index (χ0v) is 18.1. The van der Waals surface area contributed by atoms with Gasteiger partial charge in [-0.25, -0.2) is 18.5 Å². The van der Waals surface area contributed by atoms with Crippen molar-refractivity contribution in [3.63, 3.8) is 0 Å². The Labute approximate surface area is 171 Å². The van der Waals surface area contributed by atoms with Crippen LogP contribution in [0.3, 0.4) is 0 Å². The van der Waals surface area contributed by atoms with Gasteiger partial charge in [-0.15, -0.1) is 0 Å². The van der Waals surface area contributed by atoms with Crippen molar-refractivity contribution in [3.05, 3.63) is 38.9 Å². The van der Waals surface area contributed by atoms with Gasteiger partial charge >= 0.3 is 29.2 Å². The number of phosphoric ester groups is 1. The van der Waals surface area contributed by atoms with E-state index < -0.39 is 59.1 Å². The normalized spacial score (nSPS) is 26.1. The minimum Gasteiger partial charge on any atom is -0.506 e. The van der Waals surface area contributed by atoms with Gasteiger partial charge in [0.25, 0.3) is 0 Å². The van der Waals surface area contributed by atoms with Crippen LogP contribution in [0.5, 0.6) is 0 Å². The van der Waals surface area contributed by atoms with Crippen molar-refractivity contribution in [2.24, 2.45) is 0 Å². The van der Waals surface area contributed by atoms with Crippen molar-refractivity contribution < 1.29 is 61.4 Å². The summed E-state index contributed by atoms with van der Waals surface area (Å²) in [6, 6.07) is 1.28. The zero-order chi connectivity index (χ0) is 23.1. The van der Waals surface area contributed by atoms with Crippen molar-refractivity contribution in [1.29, 1.82) is 0 Å². The maximum absolute atomic E-state index is 12.0. The van der Waals surface area contributed by atoms with Gasteiger partial charge in [0.05, 0.1) is 0 Å². The molecule has 0 saturated heterocycles. The highest BCUT2D eigenvalue weighted by Gasteiger charge is 2.49. The van der Waals surface area contributed by atoms with E-state index in [4.69, 9.17) is 31.6 Å². The van der Waals surface area contributed by atoms with Gasteiger partial charge in [-0.05, 0) is 13.0 Å². The highest BCUT2D eigenvalue weighted by Crippen LogP contribution is 2.66. The number of phosphoric acid groups is 3. The standard InChI is InChI=1S/C10H15N2O14P3S/c1-10(15)7(13)5(24-8(10)12-3-2-6(30)11-9(12)14)4-23-28(19,20)26-29(21,22)25-27(16,17)18/h2-3,8,13,15H,4H2,1H3,(H,19,20)(H,21,22)(H,11,14,30)(H2,16,17,18)/t8-,10?/m1/s1. The maximum atomic E-state index is 12.0. The Bertz CT molecular complexity index is 1120. The monoisotopic (exact) mass is 512 g/mol. The average Bonchev–Trinajstić information content (AvgIpc) is 2.73. The van der Waals surface area contributed by atoms with Crippen LogP contribution in [-0.4, -0.2) is 51.5 Å². The van der Waals surface area contributed by atoms with Crippen molar-refractivity contribution in [3.8, 4) is 0 Å². The van der Waals surface area contributed by atoms with E-state index in [-0.39, 0.29) is 4.64 Å². The SMILES string of the molecule is CC1(O)C(O)=C(COP(=O)(O)OP(=O)(O)OP(=O)(O)O)O[C@H]1n1ccc(=S)[nH]c1=O. The summed E-state index contributed by atoms with van der Waals surface area (Å²) >= 11 is 4.77. The summed E-state index contributed by atoms with van der Waals surface area (Å²) in [7, 11) is -16.8. The van der Waals surface area contributed by atoms with Crippen LogP contribution in [0, 0.1) is 4.64 Å². The van der Waals surface area contributed by atoms with Gasteiger partial charge in [0, 0.05) is 6.20 Å². The number of nitrogens with one attached hydrogen (secondary N) is 1. The molecular formula is C10H15N2O14P3S. The van der Waals surface area contributed by atoms with Crippen LogP contribution in [0.1, 0.15) is 13.2 Å². The molecule has 1 aromatic rings. The Morgan fingerprint density at radius 3 is 2.37 bits per heavy atom. The van der Waals surface area contributed by atoms with Crippen LogP contribution in [0.4, 0.5) is 0 Å². The Balaban J connectivity index is 2.17. The van der Waals surface area contributed by atoms with Crippen molar-refractivity contribution >= 4 is 35.7 Å². The minimum absolute atomic E-state index is 0.0685. The first-order valence-electron chi connectivity index (χ1n) is 7.35. The number of aliphatic hydroxyl groups is 2. The average molecular weight is 512 g/mol. The molecule has 170 valence electrons. The quantitative estimate of drug-likeness (QED) is 0.183. The number of ether oxygens (including phenoxy) is 1. The lowest BCUT2D eigenvalue weighted by Crippen LogP contribution is -2.40. The lowest BCUT2D eigenvalue weighted by atomic mass is 10.0. The highest BCUT2D eigenvalue weighted by atomic mass is 32.1. The molecule has 0 aliphatic carbocycles. The van der Waals surface area contributed by atoms with E-state index in [0.717, 1.165) is 17.7 Å². The maximum Gasteiger partial charge on any atom is 0.490 e. The number of rotatable bonds is 8. The van der Waals surface area contributed by atoms with E-state index >= 15 is 0 Å². The van der Waals surface area contributed by atoms with Crippen LogP contribution in [0.15, 0.2) is 28.6 Å². The number of H-pyrrole nitrogens is 1. The molecule has 0 spiro atoms. The molecule has 0 saturated carbocycles. The number of aromatic nitrogens is 2. The summed E-state index contributed by atoms with van der Waals surface area (Å²) in [6.45, 7) is -0.0986. The Morgan fingerprint density at radius 1 is 1.23 bits per heavy atom. The van der Waals surface area contributed by atoms with Crippen molar-refractivity contribution in [2.45, 2.75) is 18.8 Å². The van der Waals surface area contributed by atoms with E-state index in [9.17, 15) is 33.6 Å². The topological polar surface area (TPSA) is 247 Å². The lowest BCUT2D eigenvalue weighted by Gasteiger charge is -2.25. The molecule has 4 atom stereocenters. The van der Waals surface area contributed by atoms with Crippen molar-refractivity contribution in [1.82, 2.24) is 9.55 Å². The Hall–Kier alpha value is -1.19. The molecule has 2 heterocycles. The van der Waals surface area contributed by atoms with Gasteiger partial charge in [0.15, 0.2) is 17.1 Å². The molecule has 0 radical (unpaired) electrons. The Kier molecular flexibility index (Phi) is 7.01. The summed E-state index contributed by atoms with van der Waals surface area (Å²) in [6.07, 6.45) is -0.435. The fourth-order valence-electron chi connectivity index (χ4n) is 2.19. The van der Waals surface area contributed by atoms with E-state index in [0.29, 0.717) is 0 Å². The molecule has 20 heteroatoms. The van der Waals surface area contributed by atoms with Crippen LogP contribution < -0.4 is 5.69 Å². The second-order valence-electron chi connectivity index (χ2n) is 5.77. The molecule has 0 amide bonds. The van der Waals surface area contributed by atoms with Gasteiger partial charge in [0.1, 0.15) is 11.2 Å². The molecule has 16 nitrogen and oxygen atoms in total. The summed E-state index contributed by atoms with van der Waals surface area (Å²) in [5.74, 6) is -1.58. The minimum atomic E-state index is -5.74. The predicted molar refractivity (Wildman–Crippen MR) is 96.1 cm³/mol. The van der Waals surface area contributed by atoms with Crippen LogP contribution >= 0.6 is 35.7 Å². The van der Waals surface area contributed by atoms with Gasteiger partial charge in [-0.2, -0.15) is 8.62 Å². The molecule has 1 aromatic heterocycles. The molecular weight excluding hydrogens is 497 g/mol. The van der Waals surface area contributed by atoms with E-state index in [1.807, 2.05) is 0 Å². The zero-order valence-electron chi connectivity index (χ0n) is 14.6. The molecule has 0 fully saturated rings. The highest BCUT2D eigenvalue weighted by molar-refractivity contribution is 7.71. The Morgan fingerprint density at radius 2 is 1.83 bits per heavy atom. The fourth-order valence-corrected chi connectivity index (χ4v) is 5.31. The molecule has 0 aromatic carbocycles. The summed E-state index contributed by atoms with van der Waals surface area (Å²) in [4.78, 5) is 49.7. The molecule has 1 aliphatic rings. The summed E-state index contributed by atoms with van der Waals surface area (Å²) < 4.78 is 51.0. The van der Waals surface area contributed by atoms with Crippen LogP contribution in [0.25, 0.3) is 0 Å². The summed E-state index contributed by atoms with van der Waals surface area (Å²) in [5.41, 5.74) is -3.05. The third-order valence-corrected chi connectivity index (χ3v) is 7.38. The number of aromatic amines is 1. The van der Waals surface area contributed by atoms with Gasteiger partial charge in [-0.1, -0.05) is 12.2 Å². The fraction of sp³-hybridized carbons (Fsp3) is 0.400. The number of aliphatic hydroxyl groups excluding tert-OH is 1. The molecule has 1 aliphatic heterocycles. The predicted octanol–water partition coefficient (Wildman–Crippen LogP) is 0.299. The number of hydrogen-bond acceptors (Lipinski definition) is 11. The number of hydrogen-bond donors (Lipinski definition) is 7. The second kappa shape index (κ2) is 8.39. The van der Waals surface area contributed by atoms with Crippen molar-refractivity contribution in [2.75, 3.05) is 6.61 Å². The molecule has 30 heavy (non-hydrogen) atoms. The van der Waals surface area contributed by atoms with E-state index in [1.54, 1.807) is 0 Å². The smallest absolute Gasteiger partial charge is 0.490 e. The summed E-state index contributed by atoms with van der Waals surface area (Å²) in [5, 5.41) is 20.6. The third kappa shape index (κ3) is 6.17. The van der Waals surface area contributed by atoms with E-state index in [2.05, 4.69) is 18.1 Å². The van der Waals surface area contributed by atoms with Gasteiger partial charge in [0.2, 0.25) is 6.23 Å². The third-order valence-electron chi connectivity index (χ3n) is 3.36. The number of nitrogens with zero attached hydrogens (tertiary/aromatic N) is 1. The van der Waals surface area contributed by atoms with Gasteiger partial charge < -0.3 is 34.5 Å². The molecule has 3 unspecified atom stereocenters. The van der Waals surface area contributed by atoms with Gasteiger partial charge in [-0.3, -0.25) is 14.1 Å². The van der Waals surface area contributed by atoms with Crippen LogP contribution in [0.2, 0.25) is 0 Å². The van der Waals surface area contributed by atoms with E-state index in [1.165, 1.54) is 6.07 Å².